The molecule has 0 amide bonds. The second-order valence-electron chi connectivity index (χ2n) is 9.65. The number of rotatable bonds is 11. The zero-order valence-electron chi connectivity index (χ0n) is 20.4. The molecule has 3 rings (SSSR count). The van der Waals surface area contributed by atoms with Crippen LogP contribution in [0.2, 0.25) is 0 Å². The lowest BCUT2D eigenvalue weighted by Gasteiger charge is -2.31. The molecule has 0 heterocycles. The maximum atomic E-state index is 13.5. The fourth-order valence-corrected chi connectivity index (χ4v) is 4.05. The van der Waals surface area contributed by atoms with Crippen molar-refractivity contribution in [3.63, 3.8) is 0 Å². The summed E-state index contributed by atoms with van der Waals surface area (Å²) in [7, 11) is 0. The molecular formula is C30H35NO3. The Morgan fingerprint density at radius 2 is 1.18 bits per heavy atom. The summed E-state index contributed by atoms with van der Waals surface area (Å²) in [5.41, 5.74) is 2.82. The van der Waals surface area contributed by atoms with E-state index in [0.29, 0.717) is 19.5 Å². The van der Waals surface area contributed by atoms with Gasteiger partial charge in [-0.2, -0.15) is 0 Å². The summed E-state index contributed by atoms with van der Waals surface area (Å²) in [6.45, 7) is 6.70. The van der Waals surface area contributed by atoms with Crippen molar-refractivity contribution in [2.75, 3.05) is 0 Å². The quantitative estimate of drug-likeness (QED) is 0.262. The fourth-order valence-electron chi connectivity index (χ4n) is 4.05. The first kappa shape index (κ1) is 25.4. The van der Waals surface area contributed by atoms with E-state index in [1.54, 1.807) is 0 Å². The van der Waals surface area contributed by atoms with E-state index in [2.05, 4.69) is 41.3 Å². The molecule has 0 N–H and O–H groups in total. The molecule has 0 fully saturated rings. The summed E-state index contributed by atoms with van der Waals surface area (Å²) < 4.78 is 5.46. The van der Waals surface area contributed by atoms with Gasteiger partial charge in [0.1, 0.15) is 12.0 Å². The number of ketones is 1. The van der Waals surface area contributed by atoms with E-state index >= 15 is 0 Å². The molecule has 0 saturated heterocycles. The van der Waals surface area contributed by atoms with Gasteiger partial charge < -0.3 is 4.74 Å². The molecule has 0 unspecified atom stereocenters. The van der Waals surface area contributed by atoms with Crippen LogP contribution in [0.15, 0.2) is 91.0 Å². The number of ether oxygens (including phenoxy) is 1. The van der Waals surface area contributed by atoms with Crippen molar-refractivity contribution < 1.29 is 14.3 Å². The molecule has 0 aliphatic heterocycles. The number of aryl methyl sites for hydroxylation is 1. The number of benzene rings is 3. The standard InChI is InChI=1S/C30H35NO3/c1-30(2,3)34-29(33)21-28(32)27(20-19-24-13-7-4-8-14-24)31(22-25-15-9-5-10-16-25)23-26-17-11-6-12-18-26/h4-18,27H,19-23H2,1-3H3/t27-/m0/s1. The predicted molar refractivity (Wildman–Crippen MR) is 136 cm³/mol. The third-order valence-electron chi connectivity index (χ3n) is 5.56. The first-order valence-electron chi connectivity index (χ1n) is 11.9. The Morgan fingerprint density at radius 3 is 1.62 bits per heavy atom. The van der Waals surface area contributed by atoms with Gasteiger partial charge in [-0.25, -0.2) is 0 Å². The minimum atomic E-state index is -0.620. The topological polar surface area (TPSA) is 46.6 Å². The molecule has 0 radical (unpaired) electrons. The summed E-state index contributed by atoms with van der Waals surface area (Å²) in [4.78, 5) is 28.3. The van der Waals surface area contributed by atoms with Gasteiger partial charge in [-0.05, 0) is 50.3 Å². The Morgan fingerprint density at radius 1 is 0.735 bits per heavy atom. The minimum Gasteiger partial charge on any atom is -0.460 e. The van der Waals surface area contributed by atoms with Crippen LogP contribution in [0.3, 0.4) is 0 Å². The van der Waals surface area contributed by atoms with Gasteiger partial charge in [0.15, 0.2) is 5.78 Å². The van der Waals surface area contributed by atoms with Crippen molar-refractivity contribution in [2.45, 2.75) is 64.8 Å². The van der Waals surface area contributed by atoms with Gasteiger partial charge in [-0.15, -0.1) is 0 Å². The number of Topliss-reactive ketones (excluding diaryl/α,β-unsaturated/α-hetero) is 1. The van der Waals surface area contributed by atoms with Gasteiger partial charge in [0.25, 0.3) is 0 Å². The van der Waals surface area contributed by atoms with Crippen LogP contribution in [0.25, 0.3) is 0 Å². The normalized spacial score (nSPS) is 12.4. The average Bonchev–Trinajstić information content (AvgIpc) is 2.80. The van der Waals surface area contributed by atoms with Crippen molar-refractivity contribution in [3.8, 4) is 0 Å². The van der Waals surface area contributed by atoms with Crippen molar-refractivity contribution >= 4 is 11.8 Å². The zero-order chi connectivity index (χ0) is 24.4. The van der Waals surface area contributed by atoms with Gasteiger partial charge in [0.2, 0.25) is 0 Å². The first-order chi connectivity index (χ1) is 16.3. The molecule has 3 aromatic rings. The highest BCUT2D eigenvalue weighted by molar-refractivity contribution is 5.98. The van der Waals surface area contributed by atoms with Gasteiger partial charge in [0, 0.05) is 13.1 Å². The monoisotopic (exact) mass is 457 g/mol. The molecule has 1 atom stereocenters. The summed E-state index contributed by atoms with van der Waals surface area (Å²) in [6.07, 6.45) is 1.16. The van der Waals surface area contributed by atoms with Crippen molar-refractivity contribution in [1.82, 2.24) is 4.90 Å². The number of esters is 1. The van der Waals surface area contributed by atoms with Crippen LogP contribution in [0.4, 0.5) is 0 Å². The largest absolute Gasteiger partial charge is 0.460 e. The lowest BCUT2D eigenvalue weighted by Crippen LogP contribution is -2.42. The Hall–Kier alpha value is -3.24. The van der Waals surface area contributed by atoms with E-state index in [9.17, 15) is 9.59 Å². The molecule has 0 spiro atoms. The number of hydrogen-bond acceptors (Lipinski definition) is 4. The van der Waals surface area contributed by atoms with Crippen LogP contribution in [0.5, 0.6) is 0 Å². The van der Waals surface area contributed by atoms with Crippen LogP contribution in [-0.4, -0.2) is 28.3 Å². The zero-order valence-corrected chi connectivity index (χ0v) is 20.4. The lowest BCUT2D eigenvalue weighted by molar-refractivity contribution is -0.157. The van der Waals surface area contributed by atoms with Crippen LogP contribution in [0.1, 0.15) is 50.3 Å². The molecule has 0 aliphatic rings. The second kappa shape index (κ2) is 12.3. The predicted octanol–water partition coefficient (Wildman–Crippen LogP) is 5.99. The lowest BCUT2D eigenvalue weighted by atomic mass is 9.97. The van der Waals surface area contributed by atoms with Gasteiger partial charge in [0.05, 0.1) is 6.04 Å². The number of carbonyl (C=O) groups excluding carboxylic acids is 2. The van der Waals surface area contributed by atoms with E-state index in [1.165, 1.54) is 5.56 Å². The van der Waals surface area contributed by atoms with E-state index in [4.69, 9.17) is 4.74 Å². The molecule has 4 nitrogen and oxygen atoms in total. The van der Waals surface area contributed by atoms with E-state index in [-0.39, 0.29) is 12.2 Å². The molecular weight excluding hydrogens is 422 g/mol. The third kappa shape index (κ3) is 8.60. The summed E-state index contributed by atoms with van der Waals surface area (Å²) in [5.74, 6) is -0.571. The Bertz CT molecular complexity index is 985. The van der Waals surface area contributed by atoms with Crippen molar-refractivity contribution in [2.24, 2.45) is 0 Å². The van der Waals surface area contributed by atoms with E-state index in [0.717, 1.165) is 17.5 Å². The highest BCUT2D eigenvalue weighted by Gasteiger charge is 2.29. The summed E-state index contributed by atoms with van der Waals surface area (Å²) in [5, 5.41) is 0. The highest BCUT2D eigenvalue weighted by Crippen LogP contribution is 2.20. The van der Waals surface area contributed by atoms with Gasteiger partial charge in [-0.1, -0.05) is 91.0 Å². The fraction of sp³-hybridized carbons (Fsp3) is 0.333. The Balaban J connectivity index is 1.86. The van der Waals surface area contributed by atoms with Crippen LogP contribution in [-0.2, 0) is 33.8 Å². The first-order valence-corrected chi connectivity index (χ1v) is 11.9. The molecule has 34 heavy (non-hydrogen) atoms. The third-order valence-corrected chi connectivity index (χ3v) is 5.56. The smallest absolute Gasteiger partial charge is 0.313 e. The van der Waals surface area contributed by atoms with E-state index < -0.39 is 17.6 Å². The van der Waals surface area contributed by atoms with Crippen molar-refractivity contribution in [1.29, 1.82) is 0 Å². The average molecular weight is 458 g/mol. The molecule has 0 aliphatic carbocycles. The second-order valence-corrected chi connectivity index (χ2v) is 9.65. The SMILES string of the molecule is CC(C)(C)OC(=O)CC(=O)[C@H](CCc1ccccc1)N(Cc1ccccc1)Cc1ccccc1. The van der Waals surface area contributed by atoms with Crippen LogP contribution < -0.4 is 0 Å². The highest BCUT2D eigenvalue weighted by atomic mass is 16.6. The number of carbonyl (C=O) groups is 2. The van der Waals surface area contributed by atoms with Crippen LogP contribution in [0, 0.1) is 0 Å². The van der Waals surface area contributed by atoms with Gasteiger partial charge >= 0.3 is 5.97 Å². The maximum absolute atomic E-state index is 13.5. The number of hydrogen-bond donors (Lipinski definition) is 0. The molecule has 0 saturated carbocycles. The summed E-state index contributed by atoms with van der Waals surface area (Å²) in [6, 6.07) is 30.1. The molecule has 0 aromatic heterocycles. The van der Waals surface area contributed by atoms with E-state index in [1.807, 2.05) is 75.4 Å². The summed E-state index contributed by atoms with van der Waals surface area (Å²) >= 11 is 0. The minimum absolute atomic E-state index is 0.1000. The maximum Gasteiger partial charge on any atom is 0.313 e. The molecule has 0 bridgehead atoms. The number of nitrogens with zero attached hydrogens (tertiary/aromatic N) is 1. The molecule has 178 valence electrons. The molecule has 4 heteroatoms. The van der Waals surface area contributed by atoms with Crippen molar-refractivity contribution in [3.05, 3.63) is 108 Å². The molecule has 3 aromatic carbocycles. The Labute approximate surface area is 203 Å². The Kier molecular flexibility index (Phi) is 9.17. The van der Waals surface area contributed by atoms with Gasteiger partial charge in [-0.3, -0.25) is 14.5 Å². The van der Waals surface area contributed by atoms with Crippen LogP contribution >= 0.6 is 0 Å².